The van der Waals surface area contributed by atoms with Gasteiger partial charge in [-0.1, -0.05) is 0 Å². The van der Waals surface area contributed by atoms with Gasteiger partial charge >= 0.3 is 12.1 Å². The molecular formula is C7H10N4O4. The van der Waals surface area contributed by atoms with Gasteiger partial charge in [-0.2, -0.15) is 5.10 Å². The quantitative estimate of drug-likeness (QED) is 0.632. The second-order valence-electron chi connectivity index (χ2n) is 2.82. The second-order valence-corrected chi connectivity index (χ2v) is 2.82. The number of nitrogens with zero attached hydrogens (tertiary/aromatic N) is 3. The highest BCUT2D eigenvalue weighted by Crippen LogP contribution is 2.21. The maximum Gasteiger partial charge on any atom is 0.412 e. The van der Waals surface area contributed by atoms with Crippen LogP contribution in [-0.2, 0) is 11.3 Å². The van der Waals surface area contributed by atoms with Crippen molar-refractivity contribution in [3.63, 3.8) is 0 Å². The molecule has 0 saturated carbocycles. The third-order valence-corrected chi connectivity index (χ3v) is 1.73. The summed E-state index contributed by atoms with van der Waals surface area (Å²) in [7, 11) is 1.26. The number of nitrogens with two attached hydrogens (primary N) is 1. The molecule has 0 atom stereocenters. The SMILES string of the molecule is CN(C(=O)O)c1c(N)cnn1CC(=O)O. The Morgan fingerprint density at radius 2 is 2.20 bits per heavy atom. The van der Waals surface area contributed by atoms with E-state index in [-0.39, 0.29) is 11.5 Å². The summed E-state index contributed by atoms with van der Waals surface area (Å²) < 4.78 is 1.01. The Kier molecular flexibility index (Phi) is 2.79. The Balaban J connectivity index is 3.09. The summed E-state index contributed by atoms with van der Waals surface area (Å²) in [5.41, 5.74) is 5.59. The average molecular weight is 214 g/mol. The van der Waals surface area contributed by atoms with Crippen LogP contribution in [0.15, 0.2) is 6.20 Å². The number of hydrogen-bond acceptors (Lipinski definition) is 4. The predicted octanol–water partition coefficient (Wildman–Crippen LogP) is -0.336. The fraction of sp³-hybridized carbons (Fsp3) is 0.286. The molecule has 0 spiro atoms. The third kappa shape index (κ3) is 2.16. The van der Waals surface area contributed by atoms with Gasteiger partial charge in [-0.15, -0.1) is 0 Å². The van der Waals surface area contributed by atoms with Gasteiger partial charge in [0.05, 0.1) is 11.9 Å². The molecule has 1 aromatic rings. The van der Waals surface area contributed by atoms with Gasteiger partial charge in [0.2, 0.25) is 0 Å². The molecule has 8 heteroatoms. The maximum absolute atomic E-state index is 10.7. The van der Waals surface area contributed by atoms with Crippen molar-refractivity contribution >= 4 is 23.6 Å². The molecule has 0 fully saturated rings. The van der Waals surface area contributed by atoms with Crippen LogP contribution in [0.1, 0.15) is 0 Å². The molecule has 1 heterocycles. The van der Waals surface area contributed by atoms with Crippen LogP contribution >= 0.6 is 0 Å². The van der Waals surface area contributed by atoms with Crippen LogP contribution < -0.4 is 10.6 Å². The first-order valence-corrected chi connectivity index (χ1v) is 3.93. The van der Waals surface area contributed by atoms with Crippen LogP contribution in [0.25, 0.3) is 0 Å². The summed E-state index contributed by atoms with van der Waals surface area (Å²) in [5.74, 6) is -1.08. The normalized spacial score (nSPS) is 9.93. The molecule has 0 aliphatic rings. The van der Waals surface area contributed by atoms with Crippen molar-refractivity contribution in [1.82, 2.24) is 9.78 Å². The van der Waals surface area contributed by atoms with Gasteiger partial charge in [0, 0.05) is 7.05 Å². The van der Waals surface area contributed by atoms with Gasteiger partial charge < -0.3 is 15.9 Å². The first-order chi connectivity index (χ1) is 6.93. The zero-order valence-corrected chi connectivity index (χ0v) is 7.91. The molecule has 1 rings (SSSR count). The molecule has 1 amide bonds. The van der Waals surface area contributed by atoms with E-state index in [1.54, 1.807) is 0 Å². The largest absolute Gasteiger partial charge is 0.480 e. The highest BCUT2D eigenvalue weighted by atomic mass is 16.4. The van der Waals surface area contributed by atoms with Gasteiger partial charge in [0.15, 0.2) is 5.82 Å². The monoisotopic (exact) mass is 214 g/mol. The Bertz CT molecular complexity index is 400. The van der Waals surface area contributed by atoms with E-state index in [9.17, 15) is 9.59 Å². The first-order valence-electron chi connectivity index (χ1n) is 3.93. The van der Waals surface area contributed by atoms with Gasteiger partial charge in [0.1, 0.15) is 6.54 Å². The Labute approximate surface area is 84.5 Å². The van der Waals surface area contributed by atoms with Crippen LogP contribution in [-0.4, -0.2) is 39.1 Å². The molecular weight excluding hydrogens is 204 g/mol. The van der Waals surface area contributed by atoms with Gasteiger partial charge in [0.25, 0.3) is 0 Å². The van der Waals surface area contributed by atoms with Gasteiger partial charge in [-0.25, -0.2) is 9.48 Å². The molecule has 0 saturated heterocycles. The Morgan fingerprint density at radius 1 is 1.60 bits per heavy atom. The van der Waals surface area contributed by atoms with E-state index < -0.39 is 18.6 Å². The number of anilines is 2. The van der Waals surface area contributed by atoms with Crippen LogP contribution in [0.3, 0.4) is 0 Å². The summed E-state index contributed by atoms with van der Waals surface area (Å²) in [5, 5.41) is 20.9. The van der Waals surface area contributed by atoms with E-state index in [1.807, 2.05) is 0 Å². The standard InChI is InChI=1S/C7H10N4O4/c1-10(7(14)15)6-4(8)2-9-11(6)3-5(12)13/h2H,3,8H2,1H3,(H,12,13)(H,14,15). The highest BCUT2D eigenvalue weighted by molar-refractivity contribution is 5.88. The van der Waals surface area contributed by atoms with Crippen molar-refractivity contribution in [1.29, 1.82) is 0 Å². The zero-order chi connectivity index (χ0) is 11.6. The average Bonchev–Trinajstić information content (AvgIpc) is 2.45. The van der Waals surface area contributed by atoms with E-state index in [2.05, 4.69) is 5.10 Å². The summed E-state index contributed by atoms with van der Waals surface area (Å²) in [6, 6.07) is 0. The highest BCUT2D eigenvalue weighted by Gasteiger charge is 2.19. The maximum atomic E-state index is 10.7. The molecule has 0 aromatic carbocycles. The number of aromatic nitrogens is 2. The number of nitrogen functional groups attached to an aromatic ring is 1. The molecule has 15 heavy (non-hydrogen) atoms. The Morgan fingerprint density at radius 3 is 2.67 bits per heavy atom. The fourth-order valence-electron chi connectivity index (χ4n) is 1.09. The minimum absolute atomic E-state index is 0.0462. The lowest BCUT2D eigenvalue weighted by Crippen LogP contribution is -2.28. The molecule has 1 aromatic heterocycles. The van der Waals surface area contributed by atoms with Crippen LogP contribution in [0, 0.1) is 0 Å². The smallest absolute Gasteiger partial charge is 0.412 e. The number of amides is 1. The predicted molar refractivity (Wildman–Crippen MR) is 50.7 cm³/mol. The third-order valence-electron chi connectivity index (χ3n) is 1.73. The molecule has 0 aliphatic carbocycles. The minimum atomic E-state index is -1.24. The zero-order valence-electron chi connectivity index (χ0n) is 7.91. The van der Waals surface area contributed by atoms with Crippen molar-refractivity contribution in [2.24, 2.45) is 0 Å². The topological polar surface area (TPSA) is 122 Å². The van der Waals surface area contributed by atoms with E-state index in [0.29, 0.717) is 0 Å². The lowest BCUT2D eigenvalue weighted by Gasteiger charge is -2.14. The first kappa shape index (κ1) is 10.8. The number of carboxylic acids is 1. The van der Waals surface area contributed by atoms with Crippen molar-refractivity contribution in [3.05, 3.63) is 6.20 Å². The van der Waals surface area contributed by atoms with Crippen molar-refractivity contribution in [2.45, 2.75) is 6.54 Å². The summed E-state index contributed by atoms with van der Waals surface area (Å²) in [6.07, 6.45) is -0.0358. The molecule has 0 aliphatic heterocycles. The number of carbonyl (C=O) groups is 2. The Hall–Kier alpha value is -2.25. The summed E-state index contributed by atoms with van der Waals surface area (Å²) in [6.45, 7) is -0.440. The molecule has 0 bridgehead atoms. The molecule has 4 N–H and O–H groups in total. The molecule has 8 nitrogen and oxygen atoms in total. The van der Waals surface area contributed by atoms with Crippen molar-refractivity contribution in [2.75, 3.05) is 17.7 Å². The van der Waals surface area contributed by atoms with E-state index in [0.717, 1.165) is 9.58 Å². The summed E-state index contributed by atoms with van der Waals surface area (Å²) >= 11 is 0. The van der Waals surface area contributed by atoms with Gasteiger partial charge in [-0.05, 0) is 0 Å². The van der Waals surface area contributed by atoms with E-state index >= 15 is 0 Å². The lowest BCUT2D eigenvalue weighted by molar-refractivity contribution is -0.137. The van der Waals surface area contributed by atoms with Crippen LogP contribution in [0.5, 0.6) is 0 Å². The number of rotatable bonds is 3. The number of carboxylic acid groups (broad SMARTS) is 2. The fourth-order valence-corrected chi connectivity index (χ4v) is 1.09. The van der Waals surface area contributed by atoms with E-state index in [1.165, 1.54) is 13.2 Å². The molecule has 0 unspecified atom stereocenters. The van der Waals surface area contributed by atoms with Crippen LogP contribution in [0.2, 0.25) is 0 Å². The molecule has 0 radical (unpaired) electrons. The lowest BCUT2D eigenvalue weighted by atomic mass is 10.5. The van der Waals surface area contributed by atoms with Crippen molar-refractivity contribution in [3.8, 4) is 0 Å². The van der Waals surface area contributed by atoms with Crippen molar-refractivity contribution < 1.29 is 19.8 Å². The molecule has 82 valence electrons. The minimum Gasteiger partial charge on any atom is -0.480 e. The van der Waals surface area contributed by atoms with Crippen LogP contribution in [0.4, 0.5) is 16.3 Å². The summed E-state index contributed by atoms with van der Waals surface area (Å²) in [4.78, 5) is 21.9. The van der Waals surface area contributed by atoms with E-state index in [4.69, 9.17) is 15.9 Å². The number of aliphatic carboxylic acids is 1. The second kappa shape index (κ2) is 3.86. The number of hydrogen-bond donors (Lipinski definition) is 3. The van der Waals surface area contributed by atoms with Gasteiger partial charge in [-0.3, -0.25) is 9.69 Å².